The molecule has 2 aromatic rings. The van der Waals surface area contributed by atoms with Gasteiger partial charge in [0.2, 0.25) is 5.75 Å². The highest BCUT2D eigenvalue weighted by atomic mass is 16.5. The average Bonchev–Trinajstić information content (AvgIpc) is 2.43. The van der Waals surface area contributed by atoms with E-state index in [-0.39, 0.29) is 5.56 Å². The molecule has 0 saturated heterocycles. The Hall–Kier alpha value is -2.43. The third kappa shape index (κ3) is 2.14. The minimum Gasteiger partial charge on any atom is -0.493 e. The number of rotatable bonds is 4. The smallest absolute Gasteiger partial charge is 0.335 e. The summed E-state index contributed by atoms with van der Waals surface area (Å²) in [6, 6.07) is 6.52. The van der Waals surface area contributed by atoms with E-state index in [0.29, 0.717) is 17.2 Å². The van der Waals surface area contributed by atoms with Crippen molar-refractivity contribution in [3.05, 3.63) is 29.8 Å². The van der Waals surface area contributed by atoms with Gasteiger partial charge in [0.05, 0.1) is 26.9 Å². The van der Waals surface area contributed by atoms with E-state index >= 15 is 0 Å². The first-order valence-electron chi connectivity index (χ1n) is 5.58. The van der Waals surface area contributed by atoms with Gasteiger partial charge in [-0.15, -0.1) is 0 Å². The molecule has 0 unspecified atom stereocenters. The molecule has 0 heterocycles. The second-order valence-electron chi connectivity index (χ2n) is 3.89. The summed E-state index contributed by atoms with van der Waals surface area (Å²) in [5, 5.41) is 10.5. The first kappa shape index (κ1) is 13.0. The largest absolute Gasteiger partial charge is 0.493 e. The van der Waals surface area contributed by atoms with Crippen LogP contribution in [0.4, 0.5) is 0 Å². The van der Waals surface area contributed by atoms with Gasteiger partial charge in [0, 0.05) is 5.39 Å². The molecule has 2 aromatic carbocycles. The molecule has 0 aliphatic carbocycles. The van der Waals surface area contributed by atoms with Crippen molar-refractivity contribution >= 4 is 16.7 Å². The molecule has 0 fully saturated rings. The number of carbonyl (C=O) groups is 1. The van der Waals surface area contributed by atoms with Crippen molar-refractivity contribution in [3.8, 4) is 17.2 Å². The Kier molecular flexibility index (Phi) is 3.46. The van der Waals surface area contributed by atoms with Crippen LogP contribution in [0.5, 0.6) is 17.2 Å². The molecule has 1 N–H and O–H groups in total. The number of hydrogen-bond donors (Lipinski definition) is 1. The molecule has 0 saturated carbocycles. The number of carboxylic acid groups (broad SMARTS) is 1. The maximum Gasteiger partial charge on any atom is 0.335 e. The number of carboxylic acids is 1. The maximum atomic E-state index is 11.0. The lowest BCUT2D eigenvalue weighted by molar-refractivity contribution is 0.0697. The molecular formula is C14H14O5. The highest BCUT2D eigenvalue weighted by Gasteiger charge is 2.16. The predicted octanol–water partition coefficient (Wildman–Crippen LogP) is 2.56. The molecule has 0 aliphatic heterocycles. The first-order chi connectivity index (χ1) is 9.12. The van der Waals surface area contributed by atoms with Crippen molar-refractivity contribution in [1.29, 1.82) is 0 Å². The van der Waals surface area contributed by atoms with Crippen molar-refractivity contribution in [1.82, 2.24) is 0 Å². The van der Waals surface area contributed by atoms with E-state index in [1.165, 1.54) is 27.4 Å². The van der Waals surface area contributed by atoms with Crippen LogP contribution in [-0.2, 0) is 0 Å². The van der Waals surface area contributed by atoms with Crippen LogP contribution in [0.2, 0.25) is 0 Å². The molecule has 0 aliphatic rings. The second kappa shape index (κ2) is 5.06. The SMILES string of the molecule is COc1cc2cc(C(=O)O)ccc2c(OC)c1OC. The monoisotopic (exact) mass is 262 g/mol. The molecule has 0 bridgehead atoms. The van der Waals surface area contributed by atoms with Crippen LogP contribution >= 0.6 is 0 Å². The summed E-state index contributed by atoms with van der Waals surface area (Å²) >= 11 is 0. The van der Waals surface area contributed by atoms with Crippen LogP contribution in [0, 0.1) is 0 Å². The van der Waals surface area contributed by atoms with Gasteiger partial charge in [-0.3, -0.25) is 0 Å². The fourth-order valence-corrected chi connectivity index (χ4v) is 2.01. The summed E-state index contributed by atoms with van der Waals surface area (Å²) in [4.78, 5) is 11.0. The Morgan fingerprint density at radius 3 is 2.21 bits per heavy atom. The lowest BCUT2D eigenvalue weighted by Gasteiger charge is -2.14. The fraction of sp³-hybridized carbons (Fsp3) is 0.214. The molecule has 5 heteroatoms. The summed E-state index contributed by atoms with van der Waals surface area (Å²) in [7, 11) is 4.57. The van der Waals surface area contributed by atoms with Crippen LogP contribution < -0.4 is 14.2 Å². The highest BCUT2D eigenvalue weighted by Crippen LogP contribution is 2.43. The number of aromatic carboxylic acids is 1. The van der Waals surface area contributed by atoms with E-state index in [1.807, 2.05) is 0 Å². The van der Waals surface area contributed by atoms with Crippen molar-refractivity contribution in [2.45, 2.75) is 0 Å². The van der Waals surface area contributed by atoms with Gasteiger partial charge < -0.3 is 19.3 Å². The Morgan fingerprint density at radius 1 is 1.00 bits per heavy atom. The summed E-state index contributed by atoms with van der Waals surface area (Å²) < 4.78 is 15.9. The molecule has 19 heavy (non-hydrogen) atoms. The summed E-state index contributed by atoms with van der Waals surface area (Å²) in [5.74, 6) is 0.527. The maximum absolute atomic E-state index is 11.0. The second-order valence-corrected chi connectivity index (χ2v) is 3.89. The number of hydrogen-bond acceptors (Lipinski definition) is 4. The van der Waals surface area contributed by atoms with E-state index in [2.05, 4.69) is 0 Å². The highest BCUT2D eigenvalue weighted by molar-refractivity contribution is 5.98. The molecule has 2 rings (SSSR count). The minimum absolute atomic E-state index is 0.210. The third-order valence-electron chi connectivity index (χ3n) is 2.89. The molecule has 100 valence electrons. The normalized spacial score (nSPS) is 10.3. The summed E-state index contributed by atoms with van der Waals surface area (Å²) in [6.07, 6.45) is 0. The van der Waals surface area contributed by atoms with Gasteiger partial charge in [-0.05, 0) is 29.7 Å². The molecule has 0 amide bonds. The summed E-state index contributed by atoms with van der Waals surface area (Å²) in [5.41, 5.74) is 0.210. The fourth-order valence-electron chi connectivity index (χ4n) is 2.01. The van der Waals surface area contributed by atoms with Gasteiger partial charge in [-0.25, -0.2) is 4.79 Å². The zero-order valence-corrected chi connectivity index (χ0v) is 10.9. The topological polar surface area (TPSA) is 65.0 Å². The van der Waals surface area contributed by atoms with E-state index in [9.17, 15) is 4.79 Å². The molecular weight excluding hydrogens is 248 g/mol. The van der Waals surface area contributed by atoms with Crippen molar-refractivity contribution in [2.24, 2.45) is 0 Å². The standard InChI is InChI=1S/C14H14O5/c1-17-11-7-9-6-8(14(15)16)4-5-10(9)12(18-2)13(11)19-3/h4-7H,1-3H3,(H,15,16). The van der Waals surface area contributed by atoms with Crippen LogP contribution in [-0.4, -0.2) is 32.4 Å². The van der Waals surface area contributed by atoms with E-state index in [4.69, 9.17) is 19.3 Å². The Morgan fingerprint density at radius 2 is 1.68 bits per heavy atom. The lowest BCUT2D eigenvalue weighted by atomic mass is 10.0. The molecule has 0 spiro atoms. The predicted molar refractivity (Wildman–Crippen MR) is 70.6 cm³/mol. The number of fused-ring (bicyclic) bond motifs is 1. The van der Waals surface area contributed by atoms with Crippen LogP contribution in [0.1, 0.15) is 10.4 Å². The van der Waals surface area contributed by atoms with Gasteiger partial charge in [0.1, 0.15) is 0 Å². The van der Waals surface area contributed by atoms with E-state index < -0.39 is 5.97 Å². The van der Waals surface area contributed by atoms with Crippen molar-refractivity contribution in [3.63, 3.8) is 0 Å². The zero-order chi connectivity index (χ0) is 14.0. The van der Waals surface area contributed by atoms with E-state index in [1.54, 1.807) is 18.2 Å². The Labute approximate surface area is 110 Å². The Bertz CT molecular complexity index is 633. The van der Waals surface area contributed by atoms with Crippen molar-refractivity contribution in [2.75, 3.05) is 21.3 Å². The molecule has 0 radical (unpaired) electrons. The van der Waals surface area contributed by atoms with Gasteiger partial charge in [-0.1, -0.05) is 0 Å². The van der Waals surface area contributed by atoms with Crippen LogP contribution in [0.3, 0.4) is 0 Å². The van der Waals surface area contributed by atoms with Gasteiger partial charge in [0.25, 0.3) is 0 Å². The summed E-state index contributed by atoms with van der Waals surface area (Å²) in [6.45, 7) is 0. The quantitative estimate of drug-likeness (QED) is 0.917. The zero-order valence-electron chi connectivity index (χ0n) is 10.9. The van der Waals surface area contributed by atoms with Crippen LogP contribution in [0.25, 0.3) is 10.8 Å². The minimum atomic E-state index is -0.976. The molecule has 0 aromatic heterocycles. The lowest BCUT2D eigenvalue weighted by Crippen LogP contribution is -1.98. The number of ether oxygens (including phenoxy) is 3. The number of benzene rings is 2. The molecule has 5 nitrogen and oxygen atoms in total. The van der Waals surface area contributed by atoms with Gasteiger partial charge in [-0.2, -0.15) is 0 Å². The third-order valence-corrected chi connectivity index (χ3v) is 2.89. The first-order valence-corrected chi connectivity index (χ1v) is 5.58. The van der Waals surface area contributed by atoms with Gasteiger partial charge >= 0.3 is 5.97 Å². The molecule has 0 atom stereocenters. The Balaban J connectivity index is 2.80. The average molecular weight is 262 g/mol. The van der Waals surface area contributed by atoms with Crippen molar-refractivity contribution < 1.29 is 24.1 Å². The number of methoxy groups -OCH3 is 3. The van der Waals surface area contributed by atoms with Gasteiger partial charge in [0.15, 0.2) is 11.5 Å². The van der Waals surface area contributed by atoms with E-state index in [0.717, 1.165) is 10.8 Å². The van der Waals surface area contributed by atoms with Crippen LogP contribution in [0.15, 0.2) is 24.3 Å².